The maximum atomic E-state index is 11.9. The van der Waals surface area contributed by atoms with Gasteiger partial charge in [-0.1, -0.05) is 0 Å². The number of amides is 1. The number of rotatable bonds is 5. The Morgan fingerprint density at radius 3 is 3.14 bits per heavy atom. The zero-order chi connectivity index (χ0) is 14.7. The van der Waals surface area contributed by atoms with Gasteiger partial charge in [0, 0.05) is 18.9 Å². The molecule has 3 rings (SSSR count). The molecule has 0 aromatic carbocycles. The Morgan fingerprint density at radius 1 is 1.43 bits per heavy atom. The van der Waals surface area contributed by atoms with Crippen LogP contribution in [-0.2, 0) is 6.42 Å². The van der Waals surface area contributed by atoms with E-state index in [1.54, 1.807) is 10.7 Å². The Morgan fingerprint density at radius 2 is 2.33 bits per heavy atom. The van der Waals surface area contributed by atoms with Crippen LogP contribution < -0.4 is 5.32 Å². The van der Waals surface area contributed by atoms with Gasteiger partial charge in [0.1, 0.15) is 6.33 Å². The van der Waals surface area contributed by atoms with Gasteiger partial charge in [0.05, 0.1) is 4.88 Å². The standard InChI is InChI=1S/C14H15N5OS/c1-10-5-12(21-8-10)13(20)15-4-2-3-11-6-16-14-17-9-18-19(14)7-11/h5-9H,2-4H2,1H3,(H,15,20). The second-order valence-corrected chi connectivity index (χ2v) is 5.73. The van der Waals surface area contributed by atoms with Crippen molar-refractivity contribution in [3.63, 3.8) is 0 Å². The van der Waals surface area contributed by atoms with Crippen LogP contribution in [0.3, 0.4) is 0 Å². The second kappa shape index (κ2) is 6.01. The van der Waals surface area contributed by atoms with Gasteiger partial charge >= 0.3 is 0 Å². The fraction of sp³-hybridized carbons (Fsp3) is 0.286. The first-order valence-electron chi connectivity index (χ1n) is 6.70. The normalized spacial score (nSPS) is 10.9. The van der Waals surface area contributed by atoms with E-state index in [0.29, 0.717) is 12.3 Å². The van der Waals surface area contributed by atoms with Gasteiger partial charge in [-0.05, 0) is 42.3 Å². The number of nitrogens with one attached hydrogen (secondary N) is 1. The third-order valence-corrected chi connectivity index (χ3v) is 4.12. The van der Waals surface area contributed by atoms with Crippen molar-refractivity contribution < 1.29 is 4.79 Å². The minimum absolute atomic E-state index is 0.00190. The molecular formula is C14H15N5OS. The number of hydrogen-bond acceptors (Lipinski definition) is 5. The van der Waals surface area contributed by atoms with E-state index in [2.05, 4.69) is 20.4 Å². The predicted octanol–water partition coefficient (Wildman–Crippen LogP) is 1.86. The summed E-state index contributed by atoms with van der Waals surface area (Å²) < 4.78 is 1.66. The van der Waals surface area contributed by atoms with E-state index in [4.69, 9.17) is 0 Å². The fourth-order valence-corrected chi connectivity index (χ4v) is 2.83. The molecule has 3 aromatic rings. The van der Waals surface area contributed by atoms with Crippen molar-refractivity contribution in [3.05, 3.63) is 46.2 Å². The maximum absolute atomic E-state index is 11.9. The molecule has 0 aliphatic carbocycles. The average molecular weight is 301 g/mol. The summed E-state index contributed by atoms with van der Waals surface area (Å²) in [5, 5.41) is 8.96. The van der Waals surface area contributed by atoms with E-state index >= 15 is 0 Å². The highest BCUT2D eigenvalue weighted by Crippen LogP contribution is 2.13. The number of thiophene rings is 1. The molecule has 0 radical (unpaired) electrons. The van der Waals surface area contributed by atoms with Crippen LogP contribution in [0.15, 0.2) is 30.2 Å². The molecule has 0 aliphatic rings. The minimum atomic E-state index is -0.00190. The number of carbonyl (C=O) groups is 1. The molecule has 0 saturated heterocycles. The largest absolute Gasteiger partial charge is 0.351 e. The summed E-state index contributed by atoms with van der Waals surface area (Å²) in [4.78, 5) is 20.8. The fourth-order valence-electron chi connectivity index (χ4n) is 2.02. The lowest BCUT2D eigenvalue weighted by atomic mass is 10.2. The summed E-state index contributed by atoms with van der Waals surface area (Å²) in [6.07, 6.45) is 6.90. The summed E-state index contributed by atoms with van der Waals surface area (Å²) in [5.74, 6) is 0.595. The van der Waals surface area contributed by atoms with Gasteiger partial charge in [0.2, 0.25) is 0 Å². The monoisotopic (exact) mass is 301 g/mol. The van der Waals surface area contributed by atoms with E-state index < -0.39 is 0 Å². The zero-order valence-corrected chi connectivity index (χ0v) is 12.4. The van der Waals surface area contributed by atoms with Crippen molar-refractivity contribution in [1.82, 2.24) is 24.9 Å². The lowest BCUT2D eigenvalue weighted by molar-refractivity contribution is 0.0957. The smallest absolute Gasteiger partial charge is 0.261 e. The third-order valence-electron chi connectivity index (χ3n) is 3.07. The third kappa shape index (κ3) is 3.25. The Labute approximate surface area is 125 Å². The number of aryl methyl sites for hydroxylation is 2. The van der Waals surface area contributed by atoms with E-state index in [9.17, 15) is 4.79 Å². The van der Waals surface area contributed by atoms with Crippen molar-refractivity contribution in [3.8, 4) is 0 Å². The molecule has 108 valence electrons. The van der Waals surface area contributed by atoms with Crippen LogP contribution in [0, 0.1) is 6.92 Å². The molecule has 0 saturated carbocycles. The molecule has 3 aromatic heterocycles. The number of hydrogen-bond donors (Lipinski definition) is 1. The van der Waals surface area contributed by atoms with Gasteiger partial charge in [-0.3, -0.25) is 4.79 Å². The molecular weight excluding hydrogens is 286 g/mol. The number of aromatic nitrogens is 4. The summed E-state index contributed by atoms with van der Waals surface area (Å²) >= 11 is 1.47. The Hall–Kier alpha value is -2.28. The maximum Gasteiger partial charge on any atom is 0.261 e. The number of nitrogens with zero attached hydrogens (tertiary/aromatic N) is 4. The first-order chi connectivity index (χ1) is 10.2. The van der Waals surface area contributed by atoms with Gasteiger partial charge in [-0.2, -0.15) is 10.1 Å². The molecule has 0 fully saturated rings. The van der Waals surface area contributed by atoms with Gasteiger partial charge < -0.3 is 5.32 Å². The summed E-state index contributed by atoms with van der Waals surface area (Å²) in [6, 6.07) is 1.91. The molecule has 0 aliphatic heterocycles. The number of fused-ring (bicyclic) bond motifs is 1. The Kier molecular flexibility index (Phi) is 3.92. The molecule has 1 N–H and O–H groups in total. The van der Waals surface area contributed by atoms with E-state index in [-0.39, 0.29) is 5.91 Å². The van der Waals surface area contributed by atoms with Crippen molar-refractivity contribution >= 4 is 23.0 Å². The number of carbonyl (C=O) groups excluding carboxylic acids is 1. The van der Waals surface area contributed by atoms with E-state index in [0.717, 1.165) is 28.8 Å². The van der Waals surface area contributed by atoms with Gasteiger partial charge in [-0.25, -0.2) is 9.50 Å². The summed E-state index contributed by atoms with van der Waals surface area (Å²) in [7, 11) is 0. The SMILES string of the molecule is Cc1csc(C(=O)NCCCc2cnc3ncnn3c2)c1. The lowest BCUT2D eigenvalue weighted by Crippen LogP contribution is -2.23. The summed E-state index contributed by atoms with van der Waals surface area (Å²) in [5.41, 5.74) is 2.20. The molecule has 1 amide bonds. The van der Waals surface area contributed by atoms with Crippen LogP contribution >= 0.6 is 11.3 Å². The van der Waals surface area contributed by atoms with E-state index in [1.165, 1.54) is 17.7 Å². The second-order valence-electron chi connectivity index (χ2n) is 4.81. The van der Waals surface area contributed by atoms with Crippen LogP contribution in [0.4, 0.5) is 0 Å². The Bertz CT molecular complexity index is 763. The molecule has 0 atom stereocenters. The molecule has 6 nitrogen and oxygen atoms in total. The molecule has 7 heteroatoms. The molecule has 0 spiro atoms. The molecule has 0 bridgehead atoms. The minimum Gasteiger partial charge on any atom is -0.351 e. The first-order valence-corrected chi connectivity index (χ1v) is 7.58. The van der Waals surface area contributed by atoms with Crippen molar-refractivity contribution in [2.24, 2.45) is 0 Å². The quantitative estimate of drug-likeness (QED) is 0.730. The summed E-state index contributed by atoms with van der Waals surface area (Å²) in [6.45, 7) is 2.63. The van der Waals surface area contributed by atoms with Crippen molar-refractivity contribution in [2.45, 2.75) is 19.8 Å². The first kappa shape index (κ1) is 13.7. The van der Waals surface area contributed by atoms with Crippen LogP contribution in [0.2, 0.25) is 0 Å². The topological polar surface area (TPSA) is 72.2 Å². The van der Waals surface area contributed by atoms with Gasteiger partial charge in [0.15, 0.2) is 0 Å². The van der Waals surface area contributed by atoms with E-state index in [1.807, 2.05) is 24.6 Å². The van der Waals surface area contributed by atoms with Crippen LogP contribution in [0.5, 0.6) is 0 Å². The van der Waals surface area contributed by atoms with Gasteiger partial charge in [-0.15, -0.1) is 11.3 Å². The van der Waals surface area contributed by atoms with Crippen LogP contribution in [0.1, 0.15) is 27.2 Å². The Balaban J connectivity index is 1.48. The molecule has 0 unspecified atom stereocenters. The van der Waals surface area contributed by atoms with Gasteiger partial charge in [0.25, 0.3) is 11.7 Å². The lowest BCUT2D eigenvalue weighted by Gasteiger charge is -2.04. The van der Waals surface area contributed by atoms with Crippen LogP contribution in [-0.4, -0.2) is 32.0 Å². The average Bonchev–Trinajstić information content (AvgIpc) is 3.11. The highest BCUT2D eigenvalue weighted by molar-refractivity contribution is 7.12. The van der Waals surface area contributed by atoms with Crippen LogP contribution in [0.25, 0.3) is 5.78 Å². The van der Waals surface area contributed by atoms with Crippen molar-refractivity contribution in [1.29, 1.82) is 0 Å². The molecule has 21 heavy (non-hydrogen) atoms. The van der Waals surface area contributed by atoms with Crippen molar-refractivity contribution in [2.75, 3.05) is 6.54 Å². The predicted molar refractivity (Wildman–Crippen MR) is 80.5 cm³/mol. The zero-order valence-electron chi connectivity index (χ0n) is 11.6. The molecule has 3 heterocycles. The highest BCUT2D eigenvalue weighted by atomic mass is 32.1. The highest BCUT2D eigenvalue weighted by Gasteiger charge is 2.07.